The van der Waals surface area contributed by atoms with Crippen molar-refractivity contribution in [2.24, 2.45) is 7.05 Å². The zero-order valence-corrected chi connectivity index (χ0v) is 11.0. The molecule has 2 aromatic rings. The molecule has 2 rings (SSSR count). The Morgan fingerprint density at radius 1 is 1.11 bits per heavy atom. The predicted molar refractivity (Wildman–Crippen MR) is 67.7 cm³/mol. The van der Waals surface area contributed by atoms with E-state index in [1.807, 2.05) is 26.0 Å². The molecule has 5 heteroatoms. The first-order chi connectivity index (χ1) is 8.80. The van der Waals surface area contributed by atoms with Crippen LogP contribution < -0.4 is 0 Å². The van der Waals surface area contributed by atoms with Gasteiger partial charge < -0.3 is 0 Å². The van der Waals surface area contributed by atoms with Crippen LogP contribution in [-0.4, -0.2) is 9.78 Å². The van der Waals surface area contributed by atoms with Gasteiger partial charge in [-0.1, -0.05) is 38.1 Å². The first-order valence-corrected chi connectivity index (χ1v) is 6.00. The fraction of sp³-hybridized carbons (Fsp3) is 0.357. The van der Waals surface area contributed by atoms with E-state index >= 15 is 0 Å². The number of alkyl halides is 3. The lowest BCUT2D eigenvalue weighted by atomic mass is 9.99. The van der Waals surface area contributed by atoms with E-state index in [-0.39, 0.29) is 5.69 Å². The summed E-state index contributed by atoms with van der Waals surface area (Å²) in [6.45, 7) is 4.08. The van der Waals surface area contributed by atoms with Gasteiger partial charge in [-0.3, -0.25) is 4.68 Å². The maximum absolute atomic E-state index is 12.9. The number of nitrogens with zero attached hydrogens (tertiary/aromatic N) is 2. The maximum atomic E-state index is 12.9. The number of halogens is 3. The molecule has 0 aliphatic rings. The Balaban J connectivity index is 2.50. The molecule has 0 atom stereocenters. The quantitative estimate of drug-likeness (QED) is 0.797. The van der Waals surface area contributed by atoms with Crippen molar-refractivity contribution >= 4 is 0 Å². The van der Waals surface area contributed by atoms with Gasteiger partial charge in [-0.2, -0.15) is 18.3 Å². The molecular weight excluding hydrogens is 253 g/mol. The fourth-order valence-electron chi connectivity index (χ4n) is 2.01. The van der Waals surface area contributed by atoms with Gasteiger partial charge in [0.15, 0.2) is 0 Å². The van der Waals surface area contributed by atoms with Gasteiger partial charge in [-0.15, -0.1) is 0 Å². The van der Waals surface area contributed by atoms with Crippen LogP contribution in [0.2, 0.25) is 0 Å². The van der Waals surface area contributed by atoms with Gasteiger partial charge in [-0.05, 0) is 11.5 Å². The Bertz CT molecular complexity index is 565. The number of hydrogen-bond donors (Lipinski definition) is 0. The van der Waals surface area contributed by atoms with Gasteiger partial charge in [0.05, 0.1) is 11.9 Å². The lowest BCUT2D eigenvalue weighted by molar-refractivity contribution is -0.137. The van der Waals surface area contributed by atoms with E-state index < -0.39 is 11.7 Å². The van der Waals surface area contributed by atoms with Crippen LogP contribution in [0.5, 0.6) is 0 Å². The third-order valence-corrected chi connectivity index (χ3v) is 3.09. The largest absolute Gasteiger partial charge is 0.420 e. The molecule has 0 fully saturated rings. The van der Waals surface area contributed by atoms with Gasteiger partial charge >= 0.3 is 6.18 Å². The summed E-state index contributed by atoms with van der Waals surface area (Å²) in [4.78, 5) is 0. The number of benzene rings is 1. The Labute approximate surface area is 109 Å². The molecule has 0 N–H and O–H groups in total. The van der Waals surface area contributed by atoms with Crippen LogP contribution in [0.4, 0.5) is 13.2 Å². The van der Waals surface area contributed by atoms with Gasteiger partial charge in [0.2, 0.25) is 0 Å². The molecule has 1 aromatic carbocycles. The maximum Gasteiger partial charge on any atom is 0.420 e. The molecule has 0 amide bonds. The van der Waals surface area contributed by atoms with E-state index in [9.17, 15) is 13.2 Å². The van der Waals surface area contributed by atoms with Crippen molar-refractivity contribution in [3.05, 3.63) is 41.6 Å². The van der Waals surface area contributed by atoms with Gasteiger partial charge in [0, 0.05) is 12.6 Å². The molecule has 0 unspecified atom stereocenters. The number of hydrogen-bond acceptors (Lipinski definition) is 1. The summed E-state index contributed by atoms with van der Waals surface area (Å²) in [5.74, 6) is 0.350. The molecule has 0 radical (unpaired) electrons. The van der Waals surface area contributed by atoms with Crippen molar-refractivity contribution in [2.75, 3.05) is 0 Å². The molecule has 0 saturated carbocycles. The van der Waals surface area contributed by atoms with E-state index in [0.29, 0.717) is 11.5 Å². The molecule has 0 spiro atoms. The molecule has 0 saturated heterocycles. The van der Waals surface area contributed by atoms with Gasteiger partial charge in [0.1, 0.15) is 5.56 Å². The first kappa shape index (κ1) is 13.6. The number of aryl methyl sites for hydroxylation is 1. The minimum atomic E-state index is -4.39. The normalized spacial score (nSPS) is 12.2. The summed E-state index contributed by atoms with van der Waals surface area (Å²) in [5.41, 5.74) is 1.02. The Hall–Kier alpha value is -1.78. The molecule has 1 heterocycles. The van der Waals surface area contributed by atoms with E-state index in [1.54, 1.807) is 12.1 Å². The van der Waals surface area contributed by atoms with Crippen molar-refractivity contribution in [3.8, 4) is 11.3 Å². The van der Waals surface area contributed by atoms with Crippen molar-refractivity contribution in [3.63, 3.8) is 0 Å². The SMILES string of the molecule is CC(C)c1ccc(-c2c(C(F)(F)F)cnn2C)cc1. The summed E-state index contributed by atoms with van der Waals surface area (Å²) < 4.78 is 40.0. The standard InChI is InChI=1S/C14H15F3N2/c1-9(2)10-4-6-11(7-5-10)13-12(14(15,16)17)8-18-19(13)3/h4-9H,1-3H3. The minimum absolute atomic E-state index is 0.0998. The summed E-state index contributed by atoms with van der Waals surface area (Å²) in [6, 6.07) is 7.13. The van der Waals surface area contributed by atoms with Crippen LogP contribution in [0.15, 0.2) is 30.5 Å². The van der Waals surface area contributed by atoms with Crippen LogP contribution >= 0.6 is 0 Å². The van der Waals surface area contributed by atoms with Crippen molar-refractivity contribution in [1.29, 1.82) is 0 Å². The number of aromatic nitrogens is 2. The van der Waals surface area contributed by atoms with Gasteiger partial charge in [0.25, 0.3) is 0 Å². The fourth-order valence-corrected chi connectivity index (χ4v) is 2.01. The van der Waals surface area contributed by atoms with Crippen LogP contribution in [0.1, 0.15) is 30.9 Å². The Kier molecular flexibility index (Phi) is 3.39. The lowest BCUT2D eigenvalue weighted by Gasteiger charge is -2.11. The van der Waals surface area contributed by atoms with E-state index in [0.717, 1.165) is 11.8 Å². The third-order valence-electron chi connectivity index (χ3n) is 3.09. The lowest BCUT2D eigenvalue weighted by Crippen LogP contribution is -2.06. The smallest absolute Gasteiger partial charge is 0.267 e. The molecular formula is C14H15F3N2. The van der Waals surface area contributed by atoms with E-state index in [1.165, 1.54) is 11.7 Å². The second kappa shape index (κ2) is 4.72. The van der Waals surface area contributed by atoms with Gasteiger partial charge in [-0.25, -0.2) is 0 Å². The molecule has 19 heavy (non-hydrogen) atoms. The van der Waals surface area contributed by atoms with Crippen molar-refractivity contribution < 1.29 is 13.2 Å². The molecule has 1 aromatic heterocycles. The topological polar surface area (TPSA) is 17.8 Å². The molecule has 0 aliphatic carbocycles. The monoisotopic (exact) mass is 268 g/mol. The summed E-state index contributed by atoms with van der Waals surface area (Å²) in [6.07, 6.45) is -3.52. The number of rotatable bonds is 2. The zero-order chi connectivity index (χ0) is 14.2. The average molecular weight is 268 g/mol. The highest BCUT2D eigenvalue weighted by Gasteiger charge is 2.36. The highest BCUT2D eigenvalue weighted by Crippen LogP contribution is 2.36. The second-order valence-electron chi connectivity index (χ2n) is 4.80. The van der Waals surface area contributed by atoms with E-state index in [2.05, 4.69) is 5.10 Å². The highest BCUT2D eigenvalue weighted by atomic mass is 19.4. The Morgan fingerprint density at radius 3 is 2.16 bits per heavy atom. The predicted octanol–water partition coefficient (Wildman–Crippen LogP) is 4.23. The first-order valence-electron chi connectivity index (χ1n) is 6.00. The van der Waals surface area contributed by atoms with Crippen LogP contribution in [0, 0.1) is 0 Å². The molecule has 2 nitrogen and oxygen atoms in total. The second-order valence-corrected chi connectivity index (χ2v) is 4.80. The van der Waals surface area contributed by atoms with Crippen LogP contribution in [0.25, 0.3) is 11.3 Å². The summed E-state index contributed by atoms with van der Waals surface area (Å²) >= 11 is 0. The zero-order valence-electron chi connectivity index (χ0n) is 11.0. The van der Waals surface area contributed by atoms with Crippen LogP contribution in [0.3, 0.4) is 0 Å². The molecule has 0 aliphatic heterocycles. The van der Waals surface area contributed by atoms with E-state index in [4.69, 9.17) is 0 Å². The van der Waals surface area contributed by atoms with Crippen LogP contribution in [-0.2, 0) is 13.2 Å². The summed E-state index contributed by atoms with van der Waals surface area (Å²) in [7, 11) is 1.51. The molecule has 102 valence electrons. The minimum Gasteiger partial charge on any atom is -0.267 e. The molecule has 0 bridgehead atoms. The third kappa shape index (κ3) is 2.64. The van der Waals surface area contributed by atoms with Crippen molar-refractivity contribution in [1.82, 2.24) is 9.78 Å². The average Bonchev–Trinajstić information content (AvgIpc) is 2.71. The van der Waals surface area contributed by atoms with Crippen molar-refractivity contribution in [2.45, 2.75) is 25.9 Å². The Morgan fingerprint density at radius 2 is 1.68 bits per heavy atom. The summed E-state index contributed by atoms with van der Waals surface area (Å²) in [5, 5.41) is 3.71. The highest BCUT2D eigenvalue weighted by molar-refractivity contribution is 5.64.